The molecule has 22 heavy (non-hydrogen) atoms. The van der Waals surface area contributed by atoms with Gasteiger partial charge < -0.3 is 15.5 Å². The molecule has 1 aliphatic heterocycles. The zero-order valence-electron chi connectivity index (χ0n) is 14.0. The number of hydrogen-bond donors (Lipinski definition) is 2. The Morgan fingerprint density at radius 1 is 1.14 bits per heavy atom. The van der Waals surface area contributed by atoms with E-state index in [2.05, 4.69) is 70.8 Å². The van der Waals surface area contributed by atoms with E-state index in [-0.39, 0.29) is 0 Å². The standard InChI is InChI=1S/C18H28N4/c1-15(2)10-11-20-18(19-3)21-14-16-6-8-17(9-7-16)22-12-4-5-13-22/h4-9,15H,10-14H2,1-3H3,(H2,19,20,21). The third-order valence-corrected chi connectivity index (χ3v) is 3.82. The summed E-state index contributed by atoms with van der Waals surface area (Å²) in [5.74, 6) is 1.58. The maximum Gasteiger partial charge on any atom is 0.191 e. The molecule has 0 unspecified atom stereocenters. The molecule has 0 aromatic heterocycles. The van der Waals surface area contributed by atoms with Crippen LogP contribution >= 0.6 is 0 Å². The molecule has 1 aliphatic rings. The van der Waals surface area contributed by atoms with Gasteiger partial charge in [0.15, 0.2) is 5.96 Å². The minimum absolute atomic E-state index is 0.707. The van der Waals surface area contributed by atoms with Crippen LogP contribution in [0, 0.1) is 5.92 Å². The average molecular weight is 300 g/mol. The summed E-state index contributed by atoms with van der Waals surface area (Å²) in [4.78, 5) is 6.61. The van der Waals surface area contributed by atoms with Crippen LogP contribution in [0.15, 0.2) is 41.4 Å². The van der Waals surface area contributed by atoms with Crippen LogP contribution in [0.1, 0.15) is 25.8 Å². The molecule has 0 fully saturated rings. The van der Waals surface area contributed by atoms with Gasteiger partial charge in [-0.2, -0.15) is 0 Å². The Labute approximate surface area is 134 Å². The number of benzene rings is 1. The number of hydrogen-bond acceptors (Lipinski definition) is 2. The summed E-state index contributed by atoms with van der Waals surface area (Å²) >= 11 is 0. The lowest BCUT2D eigenvalue weighted by Gasteiger charge is -2.18. The lowest BCUT2D eigenvalue weighted by molar-refractivity contribution is 0.573. The van der Waals surface area contributed by atoms with Crippen molar-refractivity contribution in [2.75, 3.05) is 31.6 Å². The summed E-state index contributed by atoms with van der Waals surface area (Å²) < 4.78 is 0. The highest BCUT2D eigenvalue weighted by atomic mass is 15.2. The predicted molar refractivity (Wildman–Crippen MR) is 95.5 cm³/mol. The van der Waals surface area contributed by atoms with Gasteiger partial charge >= 0.3 is 0 Å². The fourth-order valence-electron chi connectivity index (χ4n) is 2.40. The van der Waals surface area contributed by atoms with Gasteiger partial charge in [-0.1, -0.05) is 38.1 Å². The summed E-state index contributed by atoms with van der Waals surface area (Å²) in [7, 11) is 1.81. The highest BCUT2D eigenvalue weighted by Crippen LogP contribution is 2.17. The van der Waals surface area contributed by atoms with Crippen molar-refractivity contribution in [3.8, 4) is 0 Å². The smallest absolute Gasteiger partial charge is 0.191 e. The molecule has 2 N–H and O–H groups in total. The molecule has 0 spiro atoms. The number of rotatable bonds is 6. The first-order valence-electron chi connectivity index (χ1n) is 8.12. The van der Waals surface area contributed by atoms with Gasteiger partial charge in [0.05, 0.1) is 0 Å². The van der Waals surface area contributed by atoms with Crippen LogP contribution in [0.2, 0.25) is 0 Å². The van der Waals surface area contributed by atoms with E-state index in [4.69, 9.17) is 0 Å². The Balaban J connectivity index is 1.77. The molecule has 0 radical (unpaired) electrons. The van der Waals surface area contributed by atoms with Crippen LogP contribution < -0.4 is 15.5 Å². The first kappa shape index (κ1) is 16.4. The van der Waals surface area contributed by atoms with Gasteiger partial charge in [0.2, 0.25) is 0 Å². The van der Waals surface area contributed by atoms with Crippen LogP contribution in [0.5, 0.6) is 0 Å². The molecule has 0 aliphatic carbocycles. The molecular formula is C18H28N4. The summed E-state index contributed by atoms with van der Waals surface area (Å²) in [5, 5.41) is 6.71. The fourth-order valence-corrected chi connectivity index (χ4v) is 2.40. The Morgan fingerprint density at radius 2 is 1.82 bits per heavy atom. The van der Waals surface area contributed by atoms with Gasteiger partial charge in [-0.05, 0) is 30.0 Å². The van der Waals surface area contributed by atoms with E-state index in [0.717, 1.165) is 38.6 Å². The minimum atomic E-state index is 0.707. The first-order chi connectivity index (χ1) is 10.7. The summed E-state index contributed by atoms with van der Waals surface area (Å²) in [6, 6.07) is 8.75. The molecule has 4 heteroatoms. The molecule has 2 rings (SSSR count). The van der Waals surface area contributed by atoms with Crippen molar-refractivity contribution in [2.45, 2.75) is 26.8 Å². The number of anilines is 1. The van der Waals surface area contributed by atoms with E-state index in [1.807, 2.05) is 7.05 Å². The Hall–Kier alpha value is -1.97. The Bertz CT molecular complexity index is 494. The topological polar surface area (TPSA) is 39.7 Å². The van der Waals surface area contributed by atoms with E-state index in [1.54, 1.807) is 0 Å². The number of aliphatic imine (C=N–C) groups is 1. The molecular weight excluding hydrogens is 272 g/mol. The van der Waals surface area contributed by atoms with E-state index in [9.17, 15) is 0 Å². The third kappa shape index (κ3) is 5.10. The number of guanidine groups is 1. The Morgan fingerprint density at radius 3 is 2.41 bits per heavy atom. The minimum Gasteiger partial charge on any atom is -0.364 e. The van der Waals surface area contributed by atoms with Crippen molar-refractivity contribution in [2.24, 2.45) is 10.9 Å². The van der Waals surface area contributed by atoms with Crippen LogP contribution in [0.25, 0.3) is 0 Å². The first-order valence-corrected chi connectivity index (χ1v) is 8.12. The van der Waals surface area contributed by atoms with Crippen LogP contribution in [0.4, 0.5) is 5.69 Å². The molecule has 0 saturated heterocycles. The lowest BCUT2D eigenvalue weighted by Crippen LogP contribution is -2.37. The molecule has 0 amide bonds. The molecule has 1 aromatic rings. The van der Waals surface area contributed by atoms with Gasteiger partial charge in [-0.3, -0.25) is 4.99 Å². The van der Waals surface area contributed by atoms with Crippen molar-refractivity contribution in [3.63, 3.8) is 0 Å². The maximum atomic E-state index is 4.26. The molecule has 0 bridgehead atoms. The zero-order valence-corrected chi connectivity index (χ0v) is 14.0. The second-order valence-electron chi connectivity index (χ2n) is 6.08. The van der Waals surface area contributed by atoms with Crippen LogP contribution in [0.3, 0.4) is 0 Å². The zero-order chi connectivity index (χ0) is 15.8. The van der Waals surface area contributed by atoms with Crippen molar-refractivity contribution in [3.05, 3.63) is 42.0 Å². The largest absolute Gasteiger partial charge is 0.364 e. The third-order valence-electron chi connectivity index (χ3n) is 3.82. The number of nitrogens with zero attached hydrogens (tertiary/aromatic N) is 2. The fraction of sp³-hybridized carbons (Fsp3) is 0.500. The quantitative estimate of drug-likeness (QED) is 0.482. The second kappa shape index (κ2) is 8.47. The van der Waals surface area contributed by atoms with Crippen molar-refractivity contribution in [1.29, 1.82) is 0 Å². The molecule has 4 nitrogen and oxygen atoms in total. The highest BCUT2D eigenvalue weighted by Gasteiger charge is 2.07. The number of nitrogens with one attached hydrogen (secondary N) is 2. The lowest BCUT2D eigenvalue weighted by atomic mass is 10.1. The predicted octanol–water partition coefficient (Wildman–Crippen LogP) is 2.77. The van der Waals surface area contributed by atoms with Crippen LogP contribution in [-0.4, -0.2) is 32.6 Å². The second-order valence-corrected chi connectivity index (χ2v) is 6.08. The van der Waals surface area contributed by atoms with Crippen molar-refractivity contribution < 1.29 is 0 Å². The normalized spacial score (nSPS) is 14.7. The van der Waals surface area contributed by atoms with Gasteiger partial charge in [0.25, 0.3) is 0 Å². The summed E-state index contributed by atoms with van der Waals surface area (Å²) in [6.45, 7) is 8.25. The van der Waals surface area contributed by atoms with E-state index >= 15 is 0 Å². The molecule has 120 valence electrons. The van der Waals surface area contributed by atoms with Gasteiger partial charge in [-0.25, -0.2) is 0 Å². The molecule has 0 atom stereocenters. The average Bonchev–Trinajstić information content (AvgIpc) is 3.05. The van der Waals surface area contributed by atoms with Crippen LogP contribution in [-0.2, 0) is 6.54 Å². The summed E-state index contributed by atoms with van der Waals surface area (Å²) in [6.07, 6.45) is 5.57. The van der Waals surface area contributed by atoms with Gasteiger partial charge in [0.1, 0.15) is 0 Å². The van der Waals surface area contributed by atoms with E-state index in [0.29, 0.717) is 5.92 Å². The van der Waals surface area contributed by atoms with Gasteiger partial charge in [0, 0.05) is 38.9 Å². The summed E-state index contributed by atoms with van der Waals surface area (Å²) in [5.41, 5.74) is 2.55. The maximum absolute atomic E-state index is 4.26. The van der Waals surface area contributed by atoms with Crippen molar-refractivity contribution in [1.82, 2.24) is 10.6 Å². The molecule has 1 aromatic carbocycles. The molecule has 1 heterocycles. The Kier molecular flexibility index (Phi) is 6.31. The van der Waals surface area contributed by atoms with Gasteiger partial charge in [-0.15, -0.1) is 0 Å². The van der Waals surface area contributed by atoms with E-state index in [1.165, 1.54) is 11.3 Å². The van der Waals surface area contributed by atoms with E-state index < -0.39 is 0 Å². The SMILES string of the molecule is CN=C(NCCC(C)C)NCc1ccc(N2CC=CC2)cc1. The van der Waals surface area contributed by atoms with Crippen molar-refractivity contribution >= 4 is 11.6 Å². The monoisotopic (exact) mass is 300 g/mol. The highest BCUT2D eigenvalue weighted by molar-refractivity contribution is 5.79. The molecule has 0 saturated carbocycles.